The molecule has 0 spiro atoms. The first-order chi connectivity index (χ1) is 12.4. The molecule has 0 aliphatic carbocycles. The second-order valence-corrected chi connectivity index (χ2v) is 5.38. The van der Waals surface area contributed by atoms with Gasteiger partial charge in [-0.1, -0.05) is 18.2 Å². The zero-order chi connectivity index (χ0) is 17.3. The number of fused-ring (bicyclic) bond motifs is 1. The molecule has 2 heterocycles. The van der Waals surface area contributed by atoms with Crippen LogP contribution < -0.4 is 15.4 Å². The number of guanidine groups is 1. The lowest BCUT2D eigenvalue weighted by atomic mass is 10.1. The second-order valence-electron chi connectivity index (χ2n) is 5.38. The maximum Gasteiger partial charge on any atom is 0.191 e. The third kappa shape index (κ3) is 5.55. The molecule has 0 saturated carbocycles. The summed E-state index contributed by atoms with van der Waals surface area (Å²) in [5.74, 6) is 1.49. The third-order valence-corrected chi connectivity index (χ3v) is 3.71. The number of hydrogen-bond donors (Lipinski definition) is 2. The fourth-order valence-corrected chi connectivity index (χ4v) is 2.48. The zero-order valence-electron chi connectivity index (χ0n) is 14.6. The smallest absolute Gasteiger partial charge is 0.191 e. The lowest BCUT2D eigenvalue weighted by molar-refractivity contribution is 0.320. The van der Waals surface area contributed by atoms with Crippen molar-refractivity contribution in [1.29, 1.82) is 0 Å². The van der Waals surface area contributed by atoms with E-state index in [-0.39, 0.29) is 24.0 Å². The van der Waals surface area contributed by atoms with E-state index in [9.17, 15) is 0 Å². The quantitative estimate of drug-likeness (QED) is 0.255. The van der Waals surface area contributed by atoms with Gasteiger partial charge in [0, 0.05) is 31.4 Å². The molecule has 6 nitrogen and oxygen atoms in total. The molecule has 3 aromatic rings. The first kappa shape index (κ1) is 19.9. The fraction of sp³-hybridized carbons (Fsp3) is 0.211. The molecule has 0 amide bonds. The van der Waals surface area contributed by atoms with Crippen LogP contribution in [0.3, 0.4) is 0 Å². The van der Waals surface area contributed by atoms with E-state index in [1.807, 2.05) is 42.6 Å². The predicted molar refractivity (Wildman–Crippen MR) is 115 cm³/mol. The lowest BCUT2D eigenvalue weighted by Crippen LogP contribution is -2.38. The van der Waals surface area contributed by atoms with Gasteiger partial charge in [0.2, 0.25) is 0 Å². The number of nitrogens with zero attached hydrogens (tertiary/aromatic N) is 3. The lowest BCUT2D eigenvalue weighted by Gasteiger charge is -2.13. The highest BCUT2D eigenvalue weighted by Crippen LogP contribution is 2.15. The van der Waals surface area contributed by atoms with Crippen molar-refractivity contribution in [3.8, 4) is 5.75 Å². The molecule has 0 radical (unpaired) electrons. The van der Waals surface area contributed by atoms with Gasteiger partial charge in [-0.2, -0.15) is 0 Å². The van der Waals surface area contributed by atoms with Crippen molar-refractivity contribution in [1.82, 2.24) is 20.6 Å². The minimum Gasteiger partial charge on any atom is -0.490 e. The van der Waals surface area contributed by atoms with E-state index in [0.29, 0.717) is 19.7 Å². The van der Waals surface area contributed by atoms with Crippen molar-refractivity contribution in [2.24, 2.45) is 4.99 Å². The molecular weight excluding hydrogens is 441 g/mol. The predicted octanol–water partition coefficient (Wildman–Crippen LogP) is 2.99. The van der Waals surface area contributed by atoms with Gasteiger partial charge in [0.25, 0.3) is 0 Å². The molecule has 7 heteroatoms. The van der Waals surface area contributed by atoms with Crippen LogP contribution in [0.5, 0.6) is 5.75 Å². The Kier molecular flexibility index (Phi) is 8.07. The zero-order valence-corrected chi connectivity index (χ0v) is 16.9. The number of pyridine rings is 2. The van der Waals surface area contributed by atoms with E-state index >= 15 is 0 Å². The number of aromatic nitrogens is 2. The number of ether oxygens (including phenoxy) is 1. The minimum atomic E-state index is 0. The highest BCUT2D eigenvalue weighted by molar-refractivity contribution is 14.0. The van der Waals surface area contributed by atoms with Gasteiger partial charge in [0.05, 0.1) is 18.3 Å². The Morgan fingerprint density at radius 3 is 2.77 bits per heavy atom. The van der Waals surface area contributed by atoms with E-state index < -0.39 is 0 Å². The SMILES string of the molecule is CN=C(NCCOc1cccnc1)NCc1ccnc2ccccc12.I. The Hall–Kier alpha value is -2.42. The summed E-state index contributed by atoms with van der Waals surface area (Å²) in [7, 11) is 1.75. The third-order valence-electron chi connectivity index (χ3n) is 3.71. The normalized spacial score (nSPS) is 10.9. The molecule has 0 atom stereocenters. The highest BCUT2D eigenvalue weighted by atomic mass is 127. The van der Waals surface area contributed by atoms with Gasteiger partial charge in [0.15, 0.2) is 5.96 Å². The van der Waals surface area contributed by atoms with Gasteiger partial charge in [-0.15, -0.1) is 24.0 Å². The van der Waals surface area contributed by atoms with Crippen molar-refractivity contribution in [2.75, 3.05) is 20.2 Å². The Morgan fingerprint density at radius 1 is 1.08 bits per heavy atom. The molecule has 136 valence electrons. The molecule has 0 fully saturated rings. The molecule has 26 heavy (non-hydrogen) atoms. The van der Waals surface area contributed by atoms with E-state index in [1.165, 1.54) is 5.56 Å². The van der Waals surface area contributed by atoms with Crippen LogP contribution in [-0.4, -0.2) is 36.1 Å². The Balaban J connectivity index is 0.00000243. The Morgan fingerprint density at radius 2 is 1.96 bits per heavy atom. The van der Waals surface area contributed by atoms with Gasteiger partial charge in [0.1, 0.15) is 12.4 Å². The summed E-state index contributed by atoms with van der Waals surface area (Å²) >= 11 is 0. The van der Waals surface area contributed by atoms with Gasteiger partial charge < -0.3 is 15.4 Å². The molecule has 0 unspecified atom stereocenters. The van der Waals surface area contributed by atoms with Crippen LogP contribution in [0, 0.1) is 0 Å². The minimum absolute atomic E-state index is 0. The summed E-state index contributed by atoms with van der Waals surface area (Å²) < 4.78 is 5.61. The van der Waals surface area contributed by atoms with Crippen molar-refractivity contribution in [3.05, 3.63) is 66.6 Å². The molecule has 2 aromatic heterocycles. The van der Waals surface area contributed by atoms with Crippen LogP contribution in [0.4, 0.5) is 0 Å². The van der Waals surface area contributed by atoms with Gasteiger partial charge in [-0.3, -0.25) is 15.0 Å². The summed E-state index contributed by atoms with van der Waals surface area (Å²) in [6, 6.07) is 13.9. The van der Waals surface area contributed by atoms with E-state index in [1.54, 1.807) is 19.4 Å². The number of rotatable bonds is 6. The van der Waals surface area contributed by atoms with Gasteiger partial charge >= 0.3 is 0 Å². The molecule has 0 saturated heterocycles. The summed E-state index contributed by atoms with van der Waals surface area (Å²) in [6.07, 6.45) is 5.25. The van der Waals surface area contributed by atoms with E-state index in [4.69, 9.17) is 4.74 Å². The average Bonchev–Trinajstić information content (AvgIpc) is 2.68. The summed E-state index contributed by atoms with van der Waals surface area (Å²) in [5, 5.41) is 7.70. The summed E-state index contributed by atoms with van der Waals surface area (Å²) in [5.41, 5.74) is 2.18. The van der Waals surface area contributed by atoms with Crippen molar-refractivity contribution < 1.29 is 4.74 Å². The standard InChI is InChI=1S/C19H21N5O.HI/c1-20-19(23-11-12-25-16-5-4-9-21-14-16)24-13-15-8-10-22-18-7-3-2-6-17(15)18;/h2-10,14H,11-13H2,1H3,(H2,20,23,24);1H. The largest absolute Gasteiger partial charge is 0.490 e. The number of hydrogen-bond acceptors (Lipinski definition) is 4. The van der Waals surface area contributed by atoms with Crippen molar-refractivity contribution in [3.63, 3.8) is 0 Å². The maximum atomic E-state index is 5.61. The maximum absolute atomic E-state index is 5.61. The van der Waals surface area contributed by atoms with Crippen LogP contribution in [-0.2, 0) is 6.54 Å². The Labute approximate surface area is 170 Å². The molecule has 0 aliphatic rings. The highest BCUT2D eigenvalue weighted by Gasteiger charge is 2.03. The van der Waals surface area contributed by atoms with Crippen LogP contribution in [0.1, 0.15) is 5.56 Å². The van der Waals surface area contributed by atoms with Crippen molar-refractivity contribution in [2.45, 2.75) is 6.54 Å². The first-order valence-corrected chi connectivity index (χ1v) is 8.17. The molecule has 0 bridgehead atoms. The summed E-state index contributed by atoms with van der Waals surface area (Å²) in [4.78, 5) is 12.6. The summed E-state index contributed by atoms with van der Waals surface area (Å²) in [6.45, 7) is 1.85. The van der Waals surface area contributed by atoms with Gasteiger partial charge in [-0.05, 0) is 29.8 Å². The molecular formula is C19H22IN5O. The van der Waals surface area contributed by atoms with Crippen LogP contribution in [0.2, 0.25) is 0 Å². The van der Waals surface area contributed by atoms with Crippen LogP contribution in [0.25, 0.3) is 10.9 Å². The number of para-hydroxylation sites is 1. The number of halogens is 1. The topological polar surface area (TPSA) is 71.4 Å². The second kappa shape index (κ2) is 10.5. The van der Waals surface area contributed by atoms with E-state index in [0.717, 1.165) is 22.6 Å². The van der Waals surface area contributed by atoms with Crippen LogP contribution in [0.15, 0.2) is 66.0 Å². The van der Waals surface area contributed by atoms with Crippen LogP contribution >= 0.6 is 24.0 Å². The fourth-order valence-electron chi connectivity index (χ4n) is 2.48. The average molecular weight is 463 g/mol. The monoisotopic (exact) mass is 463 g/mol. The molecule has 0 aliphatic heterocycles. The molecule has 3 rings (SSSR count). The first-order valence-electron chi connectivity index (χ1n) is 8.17. The molecule has 2 N–H and O–H groups in total. The van der Waals surface area contributed by atoms with Crippen molar-refractivity contribution >= 4 is 40.8 Å². The van der Waals surface area contributed by atoms with E-state index in [2.05, 4.69) is 31.7 Å². The van der Waals surface area contributed by atoms with Gasteiger partial charge in [-0.25, -0.2) is 0 Å². The number of aliphatic imine (C=N–C) groups is 1. The number of nitrogens with one attached hydrogen (secondary N) is 2. The molecule has 1 aromatic carbocycles. The number of benzene rings is 1. The Bertz CT molecular complexity index is 836.